The third-order valence-electron chi connectivity index (χ3n) is 1.73. The predicted molar refractivity (Wildman–Crippen MR) is 41.5 cm³/mol. The van der Waals surface area contributed by atoms with Crippen LogP contribution in [-0.2, 0) is 10.9 Å². The maximum Gasteiger partial charge on any atom is 0.112 e. The second-order valence-electron chi connectivity index (χ2n) is 2.70. The van der Waals surface area contributed by atoms with Gasteiger partial charge in [-0.2, -0.15) is 0 Å². The van der Waals surface area contributed by atoms with Crippen LogP contribution < -0.4 is 24.0 Å². The Kier molecular flexibility index (Phi) is 5.41. The van der Waals surface area contributed by atoms with E-state index in [1.807, 2.05) is 0 Å². The summed E-state index contributed by atoms with van der Waals surface area (Å²) in [4.78, 5) is 0. The molecule has 0 atom stereocenters. The number of hydrogen-bond acceptors (Lipinski definition) is 0. The van der Waals surface area contributed by atoms with E-state index in [1.165, 1.54) is 24.3 Å². The Bertz CT molecular complexity index is 67.3. The van der Waals surface area contributed by atoms with Crippen molar-refractivity contribution in [1.82, 2.24) is 0 Å². The van der Waals surface area contributed by atoms with Gasteiger partial charge in [-0.1, -0.05) is 0 Å². The lowest BCUT2D eigenvalue weighted by Gasteiger charge is -2.01. The molecule has 0 aromatic carbocycles. The molecule has 0 radical (unpaired) electrons. The first-order valence-corrected chi connectivity index (χ1v) is 5.09. The van der Waals surface area contributed by atoms with Crippen LogP contribution in [0.25, 0.3) is 0 Å². The molecule has 0 nitrogen and oxygen atoms in total. The van der Waals surface area contributed by atoms with Gasteiger partial charge in [0.1, 0.15) is 16.8 Å². The van der Waals surface area contributed by atoms with Gasteiger partial charge < -0.3 is 24.0 Å². The summed E-state index contributed by atoms with van der Waals surface area (Å²) in [6.07, 6.45) is 3.00. The van der Waals surface area contributed by atoms with E-state index in [2.05, 4.69) is 13.8 Å². The summed E-state index contributed by atoms with van der Waals surface area (Å²) in [5.41, 5.74) is 0. The van der Waals surface area contributed by atoms with Crippen LogP contribution in [-0.4, -0.2) is 16.8 Å². The van der Waals surface area contributed by atoms with Gasteiger partial charge in [0.15, 0.2) is 0 Å². The van der Waals surface area contributed by atoms with Gasteiger partial charge in [0.25, 0.3) is 0 Å². The molecule has 56 valence electrons. The molecule has 2 heteroatoms. The standard InChI is InChI=1S/C7H15S.HI/c1-7(2)8-5-3-4-6-8;/h7H,3-6H2,1-2H3;1H/q+1;/p-1. The van der Waals surface area contributed by atoms with Crippen LogP contribution in [0.5, 0.6) is 0 Å². The highest BCUT2D eigenvalue weighted by molar-refractivity contribution is 7.97. The van der Waals surface area contributed by atoms with E-state index in [0.717, 1.165) is 16.1 Å². The van der Waals surface area contributed by atoms with E-state index in [-0.39, 0.29) is 24.0 Å². The van der Waals surface area contributed by atoms with Crippen molar-refractivity contribution in [1.29, 1.82) is 0 Å². The van der Waals surface area contributed by atoms with Crippen molar-refractivity contribution >= 4 is 10.9 Å². The van der Waals surface area contributed by atoms with Crippen molar-refractivity contribution in [2.24, 2.45) is 0 Å². The Balaban J connectivity index is 0.000000640. The summed E-state index contributed by atoms with van der Waals surface area (Å²) in [7, 11) is 0.821. The van der Waals surface area contributed by atoms with Gasteiger partial charge >= 0.3 is 0 Å². The van der Waals surface area contributed by atoms with Crippen molar-refractivity contribution < 1.29 is 24.0 Å². The maximum atomic E-state index is 2.36. The molecule has 1 heterocycles. The SMILES string of the molecule is CC(C)[S+]1CCCC1.[I-]. The van der Waals surface area contributed by atoms with E-state index in [9.17, 15) is 0 Å². The molecule has 0 unspecified atom stereocenters. The van der Waals surface area contributed by atoms with Gasteiger partial charge in [-0.3, -0.25) is 0 Å². The van der Waals surface area contributed by atoms with Gasteiger partial charge in [-0.25, -0.2) is 0 Å². The third-order valence-corrected chi connectivity index (χ3v) is 4.69. The second kappa shape index (κ2) is 4.83. The largest absolute Gasteiger partial charge is 1.00 e. The molecule has 0 saturated carbocycles. The number of rotatable bonds is 1. The topological polar surface area (TPSA) is 0 Å². The van der Waals surface area contributed by atoms with Gasteiger partial charge in [0, 0.05) is 0 Å². The number of hydrogen-bond donors (Lipinski definition) is 0. The molecule has 0 aliphatic carbocycles. The Morgan fingerprint density at radius 3 is 1.78 bits per heavy atom. The maximum absolute atomic E-state index is 2.36. The predicted octanol–water partition coefficient (Wildman–Crippen LogP) is -1.19. The molecule has 1 rings (SSSR count). The minimum Gasteiger partial charge on any atom is -1.00 e. The number of halogens is 1. The highest BCUT2D eigenvalue weighted by atomic mass is 127. The summed E-state index contributed by atoms with van der Waals surface area (Å²) in [5, 5.41) is 0.970. The Morgan fingerprint density at radius 2 is 1.56 bits per heavy atom. The summed E-state index contributed by atoms with van der Waals surface area (Å²) < 4.78 is 0. The molecule has 0 aromatic rings. The molecule has 1 fully saturated rings. The van der Waals surface area contributed by atoms with Crippen LogP contribution in [0.1, 0.15) is 26.7 Å². The Hall–Kier alpha value is 1.08. The summed E-state index contributed by atoms with van der Waals surface area (Å²) in [6.45, 7) is 4.71. The van der Waals surface area contributed by atoms with Crippen molar-refractivity contribution in [3.63, 3.8) is 0 Å². The fraction of sp³-hybridized carbons (Fsp3) is 1.00. The molecule has 0 amide bonds. The fourth-order valence-corrected chi connectivity index (χ4v) is 3.45. The van der Waals surface area contributed by atoms with Gasteiger partial charge in [0.2, 0.25) is 0 Å². The summed E-state index contributed by atoms with van der Waals surface area (Å²) >= 11 is 0. The minimum atomic E-state index is 0. The van der Waals surface area contributed by atoms with Crippen LogP contribution in [0, 0.1) is 0 Å². The van der Waals surface area contributed by atoms with Crippen LogP contribution in [0.3, 0.4) is 0 Å². The van der Waals surface area contributed by atoms with E-state index in [0.29, 0.717) is 0 Å². The molecule has 1 saturated heterocycles. The summed E-state index contributed by atoms with van der Waals surface area (Å²) in [6, 6.07) is 0. The first kappa shape index (κ1) is 10.1. The summed E-state index contributed by atoms with van der Waals surface area (Å²) in [5.74, 6) is 3.05. The molecule has 9 heavy (non-hydrogen) atoms. The van der Waals surface area contributed by atoms with Crippen LogP contribution in [0.2, 0.25) is 0 Å². The second-order valence-corrected chi connectivity index (χ2v) is 5.54. The lowest BCUT2D eigenvalue weighted by molar-refractivity contribution is -0.00000182. The van der Waals surface area contributed by atoms with Crippen molar-refractivity contribution in [2.45, 2.75) is 31.9 Å². The molecule has 0 N–H and O–H groups in total. The lowest BCUT2D eigenvalue weighted by Crippen LogP contribution is -3.00. The van der Waals surface area contributed by atoms with E-state index >= 15 is 0 Å². The van der Waals surface area contributed by atoms with E-state index in [1.54, 1.807) is 0 Å². The zero-order chi connectivity index (χ0) is 5.98. The quantitative estimate of drug-likeness (QED) is 0.410. The third kappa shape index (κ3) is 3.12. The molecular weight excluding hydrogens is 243 g/mol. The normalized spacial score (nSPS) is 20.3. The molecule has 1 aliphatic heterocycles. The van der Waals surface area contributed by atoms with Gasteiger partial charge in [-0.15, -0.1) is 0 Å². The van der Waals surface area contributed by atoms with Gasteiger partial charge in [-0.05, 0) is 37.6 Å². The molecule has 1 aliphatic rings. The van der Waals surface area contributed by atoms with Crippen molar-refractivity contribution in [2.75, 3.05) is 11.5 Å². The van der Waals surface area contributed by atoms with E-state index < -0.39 is 0 Å². The highest BCUT2D eigenvalue weighted by Crippen LogP contribution is 2.17. The monoisotopic (exact) mass is 258 g/mol. The highest BCUT2D eigenvalue weighted by Gasteiger charge is 2.26. The minimum absolute atomic E-state index is 0. The lowest BCUT2D eigenvalue weighted by atomic mass is 10.4. The van der Waals surface area contributed by atoms with Crippen molar-refractivity contribution in [3.05, 3.63) is 0 Å². The van der Waals surface area contributed by atoms with Crippen molar-refractivity contribution in [3.8, 4) is 0 Å². The first-order chi connectivity index (χ1) is 3.80. The average molecular weight is 258 g/mol. The molecule has 0 aromatic heterocycles. The van der Waals surface area contributed by atoms with Crippen LogP contribution in [0.4, 0.5) is 0 Å². The zero-order valence-electron chi connectivity index (χ0n) is 6.19. The van der Waals surface area contributed by atoms with E-state index in [4.69, 9.17) is 0 Å². The molecular formula is C7H15IS. The first-order valence-electron chi connectivity index (χ1n) is 3.47. The smallest absolute Gasteiger partial charge is 0.112 e. The molecule has 0 bridgehead atoms. The average Bonchev–Trinajstić information content (AvgIpc) is 2.12. The van der Waals surface area contributed by atoms with Crippen LogP contribution >= 0.6 is 0 Å². The Labute approximate surface area is 78.2 Å². The fourth-order valence-electron chi connectivity index (χ4n) is 1.15. The molecule has 0 spiro atoms. The zero-order valence-corrected chi connectivity index (χ0v) is 9.17. The van der Waals surface area contributed by atoms with Gasteiger partial charge in [0.05, 0.1) is 0 Å². The Morgan fingerprint density at radius 1 is 1.11 bits per heavy atom. The van der Waals surface area contributed by atoms with Crippen LogP contribution in [0.15, 0.2) is 0 Å².